The maximum absolute atomic E-state index is 12.3. The van der Waals surface area contributed by atoms with Crippen LogP contribution in [0.4, 0.5) is 11.4 Å². The number of non-ortho nitro benzene ring substituents is 1. The summed E-state index contributed by atoms with van der Waals surface area (Å²) in [6.07, 6.45) is 1.77. The summed E-state index contributed by atoms with van der Waals surface area (Å²) >= 11 is 1.32. The highest BCUT2D eigenvalue weighted by molar-refractivity contribution is 7.98. The van der Waals surface area contributed by atoms with E-state index in [1.807, 2.05) is 0 Å². The number of nitro benzene ring substituents is 2. The molecule has 0 bridgehead atoms. The Morgan fingerprint density at radius 3 is 2.42 bits per heavy atom. The maximum Gasteiger partial charge on any atom is 0.345 e. The molecule has 0 amide bonds. The molecule has 136 valence electrons. The lowest BCUT2D eigenvalue weighted by atomic mass is 10.1. The number of esters is 1. The lowest BCUT2D eigenvalue weighted by Gasteiger charge is -2.10. The van der Waals surface area contributed by atoms with Crippen LogP contribution in [-0.4, -0.2) is 29.2 Å². The molecule has 9 nitrogen and oxygen atoms in total. The first-order valence-corrected chi connectivity index (χ1v) is 8.40. The number of thioether (sulfide) groups is 1. The first-order chi connectivity index (χ1) is 12.4. The van der Waals surface area contributed by atoms with Crippen LogP contribution in [0.15, 0.2) is 41.3 Å². The second-order valence-electron chi connectivity index (χ2n) is 4.97. The van der Waals surface area contributed by atoms with Gasteiger partial charge in [-0.05, 0) is 24.5 Å². The van der Waals surface area contributed by atoms with Crippen LogP contribution in [0, 0.1) is 20.2 Å². The van der Waals surface area contributed by atoms with E-state index in [-0.39, 0.29) is 29.1 Å². The van der Waals surface area contributed by atoms with Crippen LogP contribution >= 0.6 is 11.8 Å². The molecule has 0 saturated carbocycles. The Kier molecular flexibility index (Phi) is 6.12. The maximum atomic E-state index is 12.3. The quantitative estimate of drug-likeness (QED) is 0.310. The van der Waals surface area contributed by atoms with E-state index in [4.69, 9.17) is 9.47 Å². The summed E-state index contributed by atoms with van der Waals surface area (Å²) in [7, 11) is 1.37. The normalized spacial score (nSPS) is 10.2. The molecule has 0 aromatic heterocycles. The molecule has 0 saturated heterocycles. The summed E-state index contributed by atoms with van der Waals surface area (Å²) in [6.45, 7) is -0.329. The van der Waals surface area contributed by atoms with Crippen LogP contribution in [0.2, 0.25) is 0 Å². The van der Waals surface area contributed by atoms with Crippen LogP contribution in [0.5, 0.6) is 5.75 Å². The van der Waals surface area contributed by atoms with E-state index < -0.39 is 15.8 Å². The summed E-state index contributed by atoms with van der Waals surface area (Å²) in [4.78, 5) is 33.7. The molecule has 0 aliphatic rings. The monoisotopic (exact) mass is 378 g/mol. The molecule has 2 aromatic carbocycles. The molecule has 0 fully saturated rings. The summed E-state index contributed by atoms with van der Waals surface area (Å²) < 4.78 is 10.2. The molecule has 0 aliphatic heterocycles. The van der Waals surface area contributed by atoms with Crippen molar-refractivity contribution in [3.05, 3.63) is 67.8 Å². The number of carbonyl (C=O) groups is 1. The second kappa shape index (κ2) is 8.30. The molecule has 0 atom stereocenters. The number of hydrogen-bond donors (Lipinski definition) is 0. The summed E-state index contributed by atoms with van der Waals surface area (Å²) in [5, 5.41) is 22.0. The van der Waals surface area contributed by atoms with Gasteiger partial charge in [0.1, 0.15) is 17.9 Å². The lowest BCUT2D eigenvalue weighted by Crippen LogP contribution is -2.09. The van der Waals surface area contributed by atoms with Crippen molar-refractivity contribution >= 4 is 29.1 Å². The van der Waals surface area contributed by atoms with Crippen molar-refractivity contribution in [1.29, 1.82) is 0 Å². The van der Waals surface area contributed by atoms with Gasteiger partial charge in [0.05, 0.1) is 17.0 Å². The second-order valence-corrected chi connectivity index (χ2v) is 5.85. The first kappa shape index (κ1) is 19.2. The Labute approximate surface area is 152 Å². The molecule has 0 radical (unpaired) electrons. The molecule has 0 spiro atoms. The van der Waals surface area contributed by atoms with Gasteiger partial charge in [-0.2, -0.15) is 0 Å². The first-order valence-electron chi connectivity index (χ1n) is 7.18. The van der Waals surface area contributed by atoms with Gasteiger partial charge in [0, 0.05) is 28.7 Å². The lowest BCUT2D eigenvalue weighted by molar-refractivity contribution is -0.385. The molecule has 10 heteroatoms. The van der Waals surface area contributed by atoms with Gasteiger partial charge < -0.3 is 9.47 Å². The summed E-state index contributed by atoms with van der Waals surface area (Å²) in [6, 6.07) is 8.00. The van der Waals surface area contributed by atoms with E-state index >= 15 is 0 Å². The zero-order chi connectivity index (χ0) is 19.3. The summed E-state index contributed by atoms with van der Waals surface area (Å²) in [5.74, 6) is -0.600. The number of nitrogens with zero attached hydrogens (tertiary/aromatic N) is 2. The smallest absolute Gasteiger partial charge is 0.345 e. The fourth-order valence-corrected chi connectivity index (χ4v) is 2.62. The molecule has 0 N–H and O–H groups in total. The molecule has 0 heterocycles. The third kappa shape index (κ3) is 4.28. The third-order valence-corrected chi connectivity index (χ3v) is 4.18. The van der Waals surface area contributed by atoms with Gasteiger partial charge in [-0.15, -0.1) is 11.8 Å². The fourth-order valence-electron chi connectivity index (χ4n) is 2.18. The highest BCUT2D eigenvalue weighted by Gasteiger charge is 2.23. The summed E-state index contributed by atoms with van der Waals surface area (Å²) in [5.41, 5.74) is -0.476. The minimum absolute atomic E-state index is 0.188. The Morgan fingerprint density at radius 2 is 1.85 bits per heavy atom. The minimum Gasteiger partial charge on any atom is -0.496 e. The van der Waals surface area contributed by atoms with Crippen molar-refractivity contribution in [2.24, 2.45) is 0 Å². The highest BCUT2D eigenvalue weighted by Crippen LogP contribution is 2.28. The molecular weight excluding hydrogens is 364 g/mol. The molecular formula is C16H14N2O7S. The van der Waals surface area contributed by atoms with Crippen molar-refractivity contribution in [1.82, 2.24) is 0 Å². The zero-order valence-electron chi connectivity index (χ0n) is 13.8. The van der Waals surface area contributed by atoms with Gasteiger partial charge in [-0.25, -0.2) is 4.79 Å². The third-order valence-electron chi connectivity index (χ3n) is 3.45. The van der Waals surface area contributed by atoms with Gasteiger partial charge in [0.25, 0.3) is 11.4 Å². The number of hydrogen-bond acceptors (Lipinski definition) is 8. The largest absolute Gasteiger partial charge is 0.496 e. The van der Waals surface area contributed by atoms with Crippen molar-refractivity contribution in [3.63, 3.8) is 0 Å². The molecule has 2 aromatic rings. The number of methoxy groups -OCH3 is 1. The van der Waals surface area contributed by atoms with Gasteiger partial charge in [-0.3, -0.25) is 20.2 Å². The molecule has 0 unspecified atom stereocenters. The fraction of sp³-hybridized carbons (Fsp3) is 0.188. The van der Waals surface area contributed by atoms with E-state index in [9.17, 15) is 25.0 Å². The van der Waals surface area contributed by atoms with Gasteiger partial charge in [-0.1, -0.05) is 0 Å². The minimum atomic E-state index is -0.902. The Hall–Kier alpha value is -3.14. The standard InChI is InChI=1S/C16H14N2O7S/c1-24-15-6-3-11(17(20)21)7-10(15)9-25-16(19)13-8-12(26-2)4-5-14(13)18(22)23/h3-8H,9H2,1-2H3. The van der Waals surface area contributed by atoms with Crippen LogP contribution in [-0.2, 0) is 11.3 Å². The van der Waals surface area contributed by atoms with Crippen LogP contribution in [0.3, 0.4) is 0 Å². The molecule has 0 aliphatic carbocycles. The van der Waals surface area contributed by atoms with E-state index in [1.165, 1.54) is 55.3 Å². The molecule has 2 rings (SSSR count). The highest BCUT2D eigenvalue weighted by atomic mass is 32.2. The topological polar surface area (TPSA) is 122 Å². The van der Waals surface area contributed by atoms with Crippen molar-refractivity contribution in [3.8, 4) is 5.75 Å². The van der Waals surface area contributed by atoms with Crippen molar-refractivity contribution in [2.75, 3.05) is 13.4 Å². The Morgan fingerprint density at radius 1 is 1.12 bits per heavy atom. The Balaban J connectivity index is 2.28. The van der Waals surface area contributed by atoms with E-state index in [0.717, 1.165) is 0 Å². The number of carbonyl (C=O) groups excluding carboxylic acids is 1. The average molecular weight is 378 g/mol. The van der Waals surface area contributed by atoms with Crippen LogP contribution in [0.1, 0.15) is 15.9 Å². The number of rotatable bonds is 7. The number of benzene rings is 2. The van der Waals surface area contributed by atoms with E-state index in [2.05, 4.69) is 0 Å². The van der Waals surface area contributed by atoms with E-state index in [1.54, 1.807) is 6.26 Å². The SMILES string of the molecule is COc1ccc([N+](=O)[O-])cc1COC(=O)c1cc(SC)ccc1[N+](=O)[O-]. The number of ether oxygens (including phenoxy) is 2. The number of nitro groups is 2. The van der Waals surface area contributed by atoms with Crippen molar-refractivity contribution in [2.45, 2.75) is 11.5 Å². The van der Waals surface area contributed by atoms with E-state index in [0.29, 0.717) is 10.6 Å². The van der Waals surface area contributed by atoms with Crippen LogP contribution < -0.4 is 4.74 Å². The van der Waals surface area contributed by atoms with Gasteiger partial charge in [0.2, 0.25) is 0 Å². The van der Waals surface area contributed by atoms with Gasteiger partial charge >= 0.3 is 5.97 Å². The molecule has 26 heavy (non-hydrogen) atoms. The average Bonchev–Trinajstić information content (AvgIpc) is 2.64. The predicted molar refractivity (Wildman–Crippen MR) is 93.6 cm³/mol. The Bertz CT molecular complexity index is 870. The van der Waals surface area contributed by atoms with Crippen LogP contribution in [0.25, 0.3) is 0 Å². The predicted octanol–water partition coefficient (Wildman–Crippen LogP) is 3.59. The van der Waals surface area contributed by atoms with Gasteiger partial charge in [0.15, 0.2) is 0 Å². The zero-order valence-corrected chi connectivity index (χ0v) is 14.6. The van der Waals surface area contributed by atoms with Crippen molar-refractivity contribution < 1.29 is 24.1 Å².